The van der Waals surface area contributed by atoms with Crippen molar-refractivity contribution in [1.82, 2.24) is 25.4 Å². The minimum atomic E-state index is -0.393. The molecule has 2 aromatic heterocycles. The molecule has 4 N–H and O–H groups in total. The van der Waals surface area contributed by atoms with Crippen molar-refractivity contribution in [3.05, 3.63) is 93.7 Å². The van der Waals surface area contributed by atoms with Crippen LogP contribution in [0.5, 0.6) is 0 Å². The number of hydrogen-bond acceptors (Lipinski definition) is 4. The zero-order valence-corrected chi connectivity index (χ0v) is 17.4. The van der Waals surface area contributed by atoms with Gasteiger partial charge in [-0.25, -0.2) is 9.48 Å². The molecule has 2 amide bonds. The van der Waals surface area contributed by atoms with Crippen molar-refractivity contribution in [1.29, 1.82) is 0 Å². The summed E-state index contributed by atoms with van der Waals surface area (Å²) < 4.78 is 2.30. The highest BCUT2D eigenvalue weighted by Gasteiger charge is 2.17. The zero-order chi connectivity index (χ0) is 20.9. The topological polar surface area (TPSA) is 104 Å². The molecule has 0 saturated heterocycles. The molecule has 0 bridgehead atoms. The second kappa shape index (κ2) is 8.83. The number of nitrogens with zero attached hydrogens (tertiary/aromatic N) is 2. The number of amides is 2. The van der Waals surface area contributed by atoms with Crippen LogP contribution in [-0.4, -0.2) is 27.3 Å². The van der Waals surface area contributed by atoms with Crippen LogP contribution in [0.3, 0.4) is 0 Å². The van der Waals surface area contributed by atoms with Gasteiger partial charge in [0.05, 0.1) is 11.3 Å². The van der Waals surface area contributed by atoms with Crippen LogP contribution >= 0.6 is 15.9 Å². The van der Waals surface area contributed by atoms with Crippen LogP contribution in [0.4, 0.5) is 10.5 Å². The highest BCUT2D eigenvalue weighted by atomic mass is 79.9. The summed E-state index contributed by atoms with van der Waals surface area (Å²) in [6.07, 6.45) is 10.1. The number of rotatable bonds is 5. The van der Waals surface area contributed by atoms with Crippen molar-refractivity contribution in [2.24, 2.45) is 0 Å². The molecule has 8 nitrogen and oxygen atoms in total. The van der Waals surface area contributed by atoms with E-state index in [0.29, 0.717) is 17.8 Å². The predicted molar refractivity (Wildman–Crippen MR) is 119 cm³/mol. The molecule has 30 heavy (non-hydrogen) atoms. The molecule has 1 atom stereocenters. The Labute approximate surface area is 180 Å². The average molecular weight is 467 g/mol. The normalized spacial score (nSPS) is 15.2. The van der Waals surface area contributed by atoms with Gasteiger partial charge in [0.1, 0.15) is 6.17 Å². The molecular formula is C21H19BrN6O2. The number of halogens is 1. The minimum absolute atomic E-state index is 0.161. The van der Waals surface area contributed by atoms with Crippen molar-refractivity contribution < 1.29 is 4.79 Å². The number of urea groups is 1. The highest BCUT2D eigenvalue weighted by Crippen LogP contribution is 2.21. The van der Waals surface area contributed by atoms with Gasteiger partial charge in [-0.2, -0.15) is 0 Å². The lowest BCUT2D eigenvalue weighted by Gasteiger charge is -2.20. The number of carbonyl (C=O) groups is 1. The van der Waals surface area contributed by atoms with Crippen LogP contribution in [0.2, 0.25) is 0 Å². The summed E-state index contributed by atoms with van der Waals surface area (Å²) >= 11 is 3.40. The van der Waals surface area contributed by atoms with Gasteiger partial charge in [-0.05, 0) is 58.1 Å². The van der Waals surface area contributed by atoms with Crippen molar-refractivity contribution in [2.45, 2.75) is 6.17 Å². The first-order chi connectivity index (χ1) is 14.6. The standard InChI is InChI=1S/C21H19BrN6O2/c22-17-5-1-2-6-18(17)27-21(30)25-11-14-7-9-24-19(10-14)28-20(29)16(13-26-28)15-4-3-8-23-12-15/h1-10,12-13,19,24,26H,11H2,(H2,25,27,30). The maximum Gasteiger partial charge on any atom is 0.319 e. The number of hydrogen-bond donors (Lipinski definition) is 4. The zero-order valence-electron chi connectivity index (χ0n) is 15.8. The highest BCUT2D eigenvalue weighted by molar-refractivity contribution is 9.10. The Bertz CT molecular complexity index is 1170. The fourth-order valence-corrected chi connectivity index (χ4v) is 3.44. The Hall–Kier alpha value is -3.59. The Morgan fingerprint density at radius 1 is 1.23 bits per heavy atom. The molecule has 0 saturated carbocycles. The fourth-order valence-electron chi connectivity index (χ4n) is 3.06. The molecule has 1 aromatic carbocycles. The number of anilines is 1. The first-order valence-electron chi connectivity index (χ1n) is 9.25. The molecule has 0 aliphatic carbocycles. The van der Waals surface area contributed by atoms with Crippen LogP contribution in [0, 0.1) is 0 Å². The van der Waals surface area contributed by atoms with Gasteiger partial charge in [0.2, 0.25) is 0 Å². The second-order valence-electron chi connectivity index (χ2n) is 6.58. The number of H-pyrrole nitrogens is 1. The SMILES string of the molecule is O=C(NCC1=CC(n2[nH]cc(-c3cccnc3)c2=O)NC=C1)Nc1ccccc1Br. The Morgan fingerprint density at radius 2 is 2.10 bits per heavy atom. The van der Waals surface area contributed by atoms with E-state index in [0.717, 1.165) is 15.6 Å². The van der Waals surface area contributed by atoms with Gasteiger partial charge in [0.15, 0.2) is 0 Å². The van der Waals surface area contributed by atoms with Gasteiger partial charge in [0, 0.05) is 35.2 Å². The summed E-state index contributed by atoms with van der Waals surface area (Å²) in [6.45, 7) is 0.315. The molecule has 3 heterocycles. The van der Waals surface area contributed by atoms with Gasteiger partial charge >= 0.3 is 6.03 Å². The third kappa shape index (κ3) is 4.36. The van der Waals surface area contributed by atoms with Crippen molar-refractivity contribution in [3.8, 4) is 11.1 Å². The average Bonchev–Trinajstić information content (AvgIpc) is 3.16. The van der Waals surface area contributed by atoms with Gasteiger partial charge in [-0.3, -0.25) is 14.9 Å². The van der Waals surface area contributed by atoms with Crippen LogP contribution in [0.25, 0.3) is 11.1 Å². The monoisotopic (exact) mass is 466 g/mol. The van der Waals surface area contributed by atoms with Crippen molar-refractivity contribution in [2.75, 3.05) is 11.9 Å². The molecule has 1 aliphatic rings. The second-order valence-corrected chi connectivity index (χ2v) is 7.43. The summed E-state index contributed by atoms with van der Waals surface area (Å²) in [4.78, 5) is 29.1. The molecule has 3 aromatic rings. The van der Waals surface area contributed by atoms with E-state index in [4.69, 9.17) is 0 Å². The molecule has 0 radical (unpaired) electrons. The van der Waals surface area contributed by atoms with E-state index < -0.39 is 6.17 Å². The van der Waals surface area contributed by atoms with E-state index in [1.165, 1.54) is 4.68 Å². The van der Waals surface area contributed by atoms with E-state index in [-0.39, 0.29) is 11.6 Å². The predicted octanol–water partition coefficient (Wildman–Crippen LogP) is 3.36. The number of pyridine rings is 1. The van der Waals surface area contributed by atoms with Crippen molar-refractivity contribution in [3.63, 3.8) is 0 Å². The molecule has 0 fully saturated rings. The van der Waals surface area contributed by atoms with Gasteiger partial charge < -0.3 is 16.0 Å². The van der Waals surface area contributed by atoms with Gasteiger partial charge in [0.25, 0.3) is 5.56 Å². The lowest BCUT2D eigenvalue weighted by Crippen LogP contribution is -2.34. The number of carbonyl (C=O) groups excluding carboxylic acids is 1. The molecule has 152 valence electrons. The number of aromatic amines is 1. The van der Waals surface area contributed by atoms with Crippen LogP contribution < -0.4 is 21.5 Å². The summed E-state index contributed by atoms with van der Waals surface area (Å²) in [5.41, 5.74) is 2.68. The van der Waals surface area contributed by atoms with Gasteiger partial charge in [-0.15, -0.1) is 0 Å². The Morgan fingerprint density at radius 3 is 2.90 bits per heavy atom. The Kier molecular flexibility index (Phi) is 5.80. The lowest BCUT2D eigenvalue weighted by molar-refractivity contribution is 0.253. The fraction of sp³-hybridized carbons (Fsp3) is 0.0952. The molecule has 0 spiro atoms. The summed E-state index contributed by atoms with van der Waals surface area (Å²) in [5.74, 6) is 0. The third-order valence-corrected chi connectivity index (χ3v) is 5.25. The molecule has 4 rings (SSSR count). The van der Waals surface area contributed by atoms with E-state index in [2.05, 4.69) is 42.0 Å². The number of benzene rings is 1. The number of dihydropyridines is 1. The van der Waals surface area contributed by atoms with E-state index in [9.17, 15) is 9.59 Å². The summed E-state index contributed by atoms with van der Waals surface area (Å²) in [6, 6.07) is 10.7. The quantitative estimate of drug-likeness (QED) is 0.462. The summed E-state index contributed by atoms with van der Waals surface area (Å²) in [5, 5.41) is 11.7. The molecule has 9 heteroatoms. The molecule has 1 unspecified atom stereocenters. The summed E-state index contributed by atoms with van der Waals surface area (Å²) in [7, 11) is 0. The smallest absolute Gasteiger partial charge is 0.319 e. The number of para-hydroxylation sites is 1. The van der Waals surface area contributed by atoms with E-state index >= 15 is 0 Å². The third-order valence-electron chi connectivity index (χ3n) is 4.56. The van der Waals surface area contributed by atoms with E-state index in [1.54, 1.807) is 36.9 Å². The lowest BCUT2D eigenvalue weighted by atomic mass is 10.1. The van der Waals surface area contributed by atoms with E-state index in [1.807, 2.05) is 36.4 Å². The first kappa shape index (κ1) is 19.7. The largest absolute Gasteiger partial charge is 0.367 e. The van der Waals surface area contributed by atoms with Crippen LogP contribution in [-0.2, 0) is 0 Å². The maximum absolute atomic E-state index is 12.8. The van der Waals surface area contributed by atoms with Crippen LogP contribution in [0.1, 0.15) is 6.17 Å². The van der Waals surface area contributed by atoms with Crippen LogP contribution in [0.15, 0.2) is 88.2 Å². The minimum Gasteiger partial charge on any atom is -0.367 e. The molecular weight excluding hydrogens is 448 g/mol. The maximum atomic E-state index is 12.8. The van der Waals surface area contributed by atoms with Crippen molar-refractivity contribution >= 4 is 27.6 Å². The Balaban J connectivity index is 1.43. The van der Waals surface area contributed by atoms with Gasteiger partial charge in [-0.1, -0.05) is 18.2 Å². The first-order valence-corrected chi connectivity index (χ1v) is 10.0. The number of aromatic nitrogens is 3. The molecule has 1 aliphatic heterocycles. The number of nitrogens with one attached hydrogen (secondary N) is 4.